The molecule has 0 aromatic carbocycles. The predicted molar refractivity (Wildman–Crippen MR) is 104 cm³/mol. The van der Waals surface area contributed by atoms with Gasteiger partial charge in [0, 0.05) is 43.9 Å². The highest BCUT2D eigenvalue weighted by atomic mass is 32.2. The van der Waals surface area contributed by atoms with Gasteiger partial charge in [0.2, 0.25) is 5.91 Å². The second kappa shape index (κ2) is 8.89. The lowest BCUT2D eigenvalue weighted by atomic mass is 9.92. The van der Waals surface area contributed by atoms with Crippen molar-refractivity contribution >= 4 is 23.6 Å². The van der Waals surface area contributed by atoms with Crippen molar-refractivity contribution in [2.45, 2.75) is 44.6 Å². The summed E-state index contributed by atoms with van der Waals surface area (Å²) in [5, 5.41) is 0.891. The summed E-state index contributed by atoms with van der Waals surface area (Å²) in [6, 6.07) is 3.66. The van der Waals surface area contributed by atoms with Crippen LogP contribution in [0.15, 0.2) is 23.4 Å². The lowest BCUT2D eigenvalue weighted by molar-refractivity contribution is -0.138. The molecule has 0 aliphatic carbocycles. The maximum Gasteiger partial charge on any atom is 0.254 e. The van der Waals surface area contributed by atoms with E-state index in [-0.39, 0.29) is 11.8 Å². The molecule has 0 bridgehead atoms. The van der Waals surface area contributed by atoms with Gasteiger partial charge in [-0.3, -0.25) is 9.59 Å². The number of amides is 2. The minimum absolute atomic E-state index is 0.0582. The van der Waals surface area contributed by atoms with Crippen LogP contribution in [-0.4, -0.2) is 58.5 Å². The Morgan fingerprint density at radius 1 is 1.19 bits per heavy atom. The first-order valence-electron chi connectivity index (χ1n) is 9.75. The second-order valence-corrected chi connectivity index (χ2v) is 8.70. The van der Waals surface area contributed by atoms with Crippen molar-refractivity contribution in [1.29, 1.82) is 0 Å². The van der Waals surface area contributed by atoms with Gasteiger partial charge in [0.1, 0.15) is 0 Å². The van der Waals surface area contributed by atoms with Crippen LogP contribution >= 0.6 is 11.8 Å². The molecule has 0 spiro atoms. The minimum Gasteiger partial charge on any atom is -0.342 e. The molecule has 3 rings (SSSR count). The van der Waals surface area contributed by atoms with Gasteiger partial charge in [-0.25, -0.2) is 4.98 Å². The van der Waals surface area contributed by atoms with Gasteiger partial charge >= 0.3 is 0 Å². The number of aromatic nitrogens is 1. The molecule has 2 aliphatic heterocycles. The van der Waals surface area contributed by atoms with E-state index >= 15 is 0 Å². The molecule has 3 heterocycles. The molecule has 0 saturated carbocycles. The third kappa shape index (κ3) is 4.58. The standard InChI is InChI=1S/C20H29N3O2S/c1-3-26-18-13-17(6-9-21-18)20(25)22-11-7-16(8-12-22)19(24)23-10-4-5-15(2)14-23/h6,9,13,15-16H,3-5,7-8,10-12,14H2,1-2H3/t15-/m0/s1. The molecule has 1 atom stereocenters. The Hall–Kier alpha value is -1.56. The van der Waals surface area contributed by atoms with E-state index in [9.17, 15) is 9.59 Å². The number of carbonyl (C=O) groups excluding carboxylic acids is 2. The molecule has 26 heavy (non-hydrogen) atoms. The van der Waals surface area contributed by atoms with Gasteiger partial charge in [-0.05, 0) is 49.5 Å². The van der Waals surface area contributed by atoms with E-state index in [1.807, 2.05) is 15.9 Å². The van der Waals surface area contributed by atoms with E-state index in [2.05, 4.69) is 18.8 Å². The van der Waals surface area contributed by atoms with Gasteiger partial charge in [-0.2, -0.15) is 0 Å². The first kappa shape index (κ1) is 19.2. The number of likely N-dealkylation sites (tertiary alicyclic amines) is 2. The lowest BCUT2D eigenvalue weighted by Crippen LogP contribution is -2.47. The zero-order valence-electron chi connectivity index (χ0n) is 15.8. The number of hydrogen-bond acceptors (Lipinski definition) is 4. The number of hydrogen-bond donors (Lipinski definition) is 0. The summed E-state index contributed by atoms with van der Waals surface area (Å²) in [7, 11) is 0. The molecule has 0 radical (unpaired) electrons. The Kier molecular flexibility index (Phi) is 6.57. The van der Waals surface area contributed by atoms with Gasteiger partial charge in [0.15, 0.2) is 0 Å². The fourth-order valence-corrected chi connectivity index (χ4v) is 4.57. The summed E-state index contributed by atoms with van der Waals surface area (Å²) in [5.74, 6) is 1.98. The van der Waals surface area contributed by atoms with E-state index in [0.717, 1.165) is 43.1 Å². The normalized spacial score (nSPS) is 21.7. The van der Waals surface area contributed by atoms with Crippen molar-refractivity contribution in [3.05, 3.63) is 23.9 Å². The Bertz CT molecular complexity index is 644. The third-order valence-corrected chi connectivity index (χ3v) is 6.18. The Morgan fingerprint density at radius 2 is 1.96 bits per heavy atom. The molecular formula is C20H29N3O2S. The summed E-state index contributed by atoms with van der Waals surface area (Å²) in [4.78, 5) is 33.8. The molecule has 2 fully saturated rings. The molecule has 2 aliphatic rings. The zero-order valence-corrected chi connectivity index (χ0v) is 16.6. The molecule has 1 aromatic rings. The Labute approximate surface area is 160 Å². The fraction of sp³-hybridized carbons (Fsp3) is 0.650. The maximum absolute atomic E-state index is 12.8. The van der Waals surface area contributed by atoms with E-state index < -0.39 is 0 Å². The highest BCUT2D eigenvalue weighted by Gasteiger charge is 2.32. The van der Waals surface area contributed by atoms with Crippen LogP contribution in [0.2, 0.25) is 0 Å². The van der Waals surface area contributed by atoms with Crippen LogP contribution in [0, 0.1) is 11.8 Å². The van der Waals surface area contributed by atoms with E-state index in [1.165, 1.54) is 6.42 Å². The number of pyridine rings is 1. The van der Waals surface area contributed by atoms with Crippen molar-refractivity contribution < 1.29 is 9.59 Å². The molecule has 0 N–H and O–H groups in total. The van der Waals surface area contributed by atoms with Crippen LogP contribution in [-0.2, 0) is 4.79 Å². The number of piperidine rings is 2. The van der Waals surface area contributed by atoms with Gasteiger partial charge in [-0.1, -0.05) is 13.8 Å². The number of carbonyl (C=O) groups is 2. The molecular weight excluding hydrogens is 346 g/mol. The molecule has 2 amide bonds. The second-order valence-electron chi connectivity index (χ2n) is 7.41. The van der Waals surface area contributed by atoms with Crippen LogP contribution in [0.1, 0.15) is 49.9 Å². The van der Waals surface area contributed by atoms with Crippen LogP contribution in [0.5, 0.6) is 0 Å². The maximum atomic E-state index is 12.8. The first-order chi connectivity index (χ1) is 12.6. The van der Waals surface area contributed by atoms with Crippen LogP contribution in [0.25, 0.3) is 0 Å². The van der Waals surface area contributed by atoms with Crippen molar-refractivity contribution in [1.82, 2.24) is 14.8 Å². The summed E-state index contributed by atoms with van der Waals surface area (Å²) in [6.07, 6.45) is 5.60. The molecule has 2 saturated heterocycles. The molecule has 1 aromatic heterocycles. The van der Waals surface area contributed by atoms with Crippen molar-refractivity contribution in [3.63, 3.8) is 0 Å². The topological polar surface area (TPSA) is 53.5 Å². The van der Waals surface area contributed by atoms with Crippen molar-refractivity contribution in [2.75, 3.05) is 31.9 Å². The van der Waals surface area contributed by atoms with Crippen molar-refractivity contribution in [2.24, 2.45) is 11.8 Å². The van der Waals surface area contributed by atoms with Crippen LogP contribution in [0.3, 0.4) is 0 Å². The van der Waals surface area contributed by atoms with E-state index in [0.29, 0.717) is 30.5 Å². The SMILES string of the molecule is CCSc1cc(C(=O)N2CCC(C(=O)N3CCC[C@H](C)C3)CC2)ccn1. The van der Waals surface area contributed by atoms with Gasteiger partial charge in [0.25, 0.3) is 5.91 Å². The van der Waals surface area contributed by atoms with Crippen LogP contribution < -0.4 is 0 Å². The number of thioether (sulfide) groups is 1. The largest absolute Gasteiger partial charge is 0.342 e. The van der Waals surface area contributed by atoms with Gasteiger partial charge < -0.3 is 9.80 Å². The van der Waals surface area contributed by atoms with E-state index in [4.69, 9.17) is 0 Å². The average molecular weight is 376 g/mol. The molecule has 0 unspecified atom stereocenters. The molecule has 5 nitrogen and oxygen atoms in total. The van der Waals surface area contributed by atoms with Crippen LogP contribution in [0.4, 0.5) is 0 Å². The van der Waals surface area contributed by atoms with E-state index in [1.54, 1.807) is 24.0 Å². The zero-order chi connectivity index (χ0) is 18.5. The highest BCUT2D eigenvalue weighted by molar-refractivity contribution is 7.99. The fourth-order valence-electron chi connectivity index (χ4n) is 3.93. The molecule has 6 heteroatoms. The highest BCUT2D eigenvalue weighted by Crippen LogP contribution is 2.25. The quantitative estimate of drug-likeness (QED) is 0.758. The number of nitrogens with zero attached hydrogens (tertiary/aromatic N) is 3. The smallest absolute Gasteiger partial charge is 0.254 e. The summed E-state index contributed by atoms with van der Waals surface area (Å²) in [6.45, 7) is 7.42. The average Bonchev–Trinajstić information content (AvgIpc) is 2.67. The molecule has 142 valence electrons. The number of rotatable bonds is 4. The minimum atomic E-state index is 0.0582. The first-order valence-corrected chi connectivity index (χ1v) is 10.7. The Morgan fingerprint density at radius 3 is 2.65 bits per heavy atom. The summed E-state index contributed by atoms with van der Waals surface area (Å²) in [5.41, 5.74) is 0.700. The van der Waals surface area contributed by atoms with Gasteiger partial charge in [-0.15, -0.1) is 11.8 Å². The summed E-state index contributed by atoms with van der Waals surface area (Å²) >= 11 is 1.64. The monoisotopic (exact) mass is 375 g/mol. The van der Waals surface area contributed by atoms with Gasteiger partial charge in [0.05, 0.1) is 5.03 Å². The van der Waals surface area contributed by atoms with Crippen molar-refractivity contribution in [3.8, 4) is 0 Å². The third-order valence-electron chi connectivity index (χ3n) is 5.37. The predicted octanol–water partition coefficient (Wildman–Crippen LogP) is 3.30. The summed E-state index contributed by atoms with van der Waals surface area (Å²) < 4.78 is 0. The Balaban J connectivity index is 1.55. The lowest BCUT2D eigenvalue weighted by Gasteiger charge is -2.37.